The first-order valence-corrected chi connectivity index (χ1v) is 8.65. The molecular weight excluding hydrogens is 355 g/mol. The zero-order valence-corrected chi connectivity index (χ0v) is 14.8. The van der Waals surface area contributed by atoms with E-state index in [1.54, 1.807) is 12.1 Å². The van der Waals surface area contributed by atoms with Crippen molar-refractivity contribution in [1.82, 2.24) is 4.90 Å². The van der Waals surface area contributed by atoms with Crippen LogP contribution in [-0.2, 0) is 4.79 Å². The quantitative estimate of drug-likeness (QED) is 0.895. The predicted molar refractivity (Wildman–Crippen MR) is 99.8 cm³/mol. The number of carbonyl (C=O) groups excluding carboxylic acids is 1. The van der Waals surface area contributed by atoms with Gasteiger partial charge >= 0.3 is 0 Å². The number of halogens is 2. The van der Waals surface area contributed by atoms with Crippen LogP contribution in [-0.4, -0.2) is 43.5 Å². The highest BCUT2D eigenvalue weighted by Crippen LogP contribution is 2.24. The molecule has 1 saturated heterocycles. The topological polar surface area (TPSA) is 59.4 Å². The summed E-state index contributed by atoms with van der Waals surface area (Å²) in [6.07, 6.45) is 0. The average Bonchev–Trinajstić information content (AvgIpc) is 2.64. The molecule has 0 aromatic heterocycles. The third-order valence-electron chi connectivity index (χ3n) is 4.29. The second-order valence-corrected chi connectivity index (χ2v) is 6.53. The van der Waals surface area contributed by atoms with Crippen LogP contribution < -0.4 is 10.2 Å². The Morgan fingerprint density at radius 2 is 1.85 bits per heavy atom. The Morgan fingerprint density at radius 1 is 1.15 bits per heavy atom. The van der Waals surface area contributed by atoms with E-state index in [1.165, 1.54) is 24.3 Å². The molecule has 1 aliphatic heterocycles. The molecular formula is C19H18ClFN4O. The molecule has 1 fully saturated rings. The highest BCUT2D eigenvalue weighted by molar-refractivity contribution is 6.30. The van der Waals surface area contributed by atoms with Crippen LogP contribution in [0.25, 0.3) is 0 Å². The Morgan fingerprint density at radius 3 is 2.50 bits per heavy atom. The van der Waals surface area contributed by atoms with Crippen molar-refractivity contribution < 1.29 is 9.18 Å². The molecule has 1 heterocycles. The minimum atomic E-state index is -0.335. The molecule has 0 atom stereocenters. The third kappa shape index (κ3) is 4.51. The Bertz CT molecular complexity index is 826. The Kier molecular flexibility index (Phi) is 5.71. The lowest BCUT2D eigenvalue weighted by Crippen LogP contribution is -2.48. The first kappa shape index (κ1) is 18.2. The molecule has 3 rings (SSSR count). The number of benzene rings is 2. The van der Waals surface area contributed by atoms with Crippen LogP contribution in [0, 0.1) is 17.1 Å². The van der Waals surface area contributed by atoms with Gasteiger partial charge in [-0.15, -0.1) is 0 Å². The fraction of sp³-hybridized carbons (Fsp3) is 0.263. The van der Waals surface area contributed by atoms with Gasteiger partial charge in [-0.2, -0.15) is 5.26 Å². The molecule has 26 heavy (non-hydrogen) atoms. The van der Waals surface area contributed by atoms with Crippen molar-refractivity contribution >= 4 is 28.9 Å². The molecule has 7 heteroatoms. The lowest BCUT2D eigenvalue weighted by Gasteiger charge is -2.36. The van der Waals surface area contributed by atoms with Gasteiger partial charge in [0.25, 0.3) is 0 Å². The maximum Gasteiger partial charge on any atom is 0.238 e. The van der Waals surface area contributed by atoms with Gasteiger partial charge in [0.2, 0.25) is 5.91 Å². The maximum atomic E-state index is 12.9. The van der Waals surface area contributed by atoms with Crippen LogP contribution in [0.15, 0.2) is 42.5 Å². The zero-order chi connectivity index (χ0) is 18.5. The van der Waals surface area contributed by atoms with Crippen molar-refractivity contribution in [3.63, 3.8) is 0 Å². The molecule has 1 amide bonds. The van der Waals surface area contributed by atoms with Crippen LogP contribution >= 0.6 is 11.6 Å². The number of nitriles is 1. The van der Waals surface area contributed by atoms with Gasteiger partial charge in [0.05, 0.1) is 17.8 Å². The number of amides is 1. The van der Waals surface area contributed by atoms with Gasteiger partial charge in [0.1, 0.15) is 11.9 Å². The van der Waals surface area contributed by atoms with E-state index in [0.29, 0.717) is 29.4 Å². The van der Waals surface area contributed by atoms with E-state index in [4.69, 9.17) is 11.6 Å². The molecule has 0 unspecified atom stereocenters. The van der Waals surface area contributed by atoms with Crippen molar-refractivity contribution in [2.75, 3.05) is 42.9 Å². The number of anilines is 2. The molecule has 0 aliphatic carbocycles. The van der Waals surface area contributed by atoms with E-state index in [-0.39, 0.29) is 18.3 Å². The van der Waals surface area contributed by atoms with Crippen molar-refractivity contribution in [1.29, 1.82) is 5.26 Å². The highest BCUT2D eigenvalue weighted by atomic mass is 35.5. The van der Waals surface area contributed by atoms with Gasteiger partial charge in [-0.25, -0.2) is 4.39 Å². The van der Waals surface area contributed by atoms with E-state index >= 15 is 0 Å². The van der Waals surface area contributed by atoms with E-state index in [2.05, 4.69) is 21.2 Å². The summed E-state index contributed by atoms with van der Waals surface area (Å²) in [6, 6.07) is 13.2. The van der Waals surface area contributed by atoms with Crippen LogP contribution in [0.1, 0.15) is 5.56 Å². The number of nitrogens with one attached hydrogen (secondary N) is 1. The van der Waals surface area contributed by atoms with Gasteiger partial charge in [-0.3, -0.25) is 9.69 Å². The van der Waals surface area contributed by atoms with Crippen LogP contribution in [0.3, 0.4) is 0 Å². The molecule has 2 aromatic rings. The Balaban J connectivity index is 1.53. The molecule has 0 radical (unpaired) electrons. The Hall–Kier alpha value is -2.62. The number of hydrogen-bond donors (Lipinski definition) is 1. The largest absolute Gasteiger partial charge is 0.368 e. The summed E-state index contributed by atoms with van der Waals surface area (Å²) >= 11 is 5.95. The zero-order valence-electron chi connectivity index (χ0n) is 14.1. The standard InChI is InChI=1S/C19H18ClFN4O/c20-15-1-6-18(14(11-15)12-22)25-9-7-24(8-10-25)13-19(26)23-17-4-2-16(21)3-5-17/h1-6,11H,7-10,13H2,(H,23,26). The van der Waals surface area contributed by atoms with Gasteiger partial charge in [0, 0.05) is 36.9 Å². The summed E-state index contributed by atoms with van der Waals surface area (Å²) in [5.74, 6) is -0.465. The van der Waals surface area contributed by atoms with Crippen molar-refractivity contribution in [3.05, 3.63) is 58.9 Å². The average molecular weight is 373 g/mol. The molecule has 134 valence electrons. The van der Waals surface area contributed by atoms with E-state index in [1.807, 2.05) is 6.07 Å². The molecule has 0 spiro atoms. The lowest BCUT2D eigenvalue weighted by atomic mass is 10.1. The lowest BCUT2D eigenvalue weighted by molar-refractivity contribution is -0.117. The molecule has 0 bridgehead atoms. The van der Waals surface area contributed by atoms with Crippen LogP contribution in [0.4, 0.5) is 15.8 Å². The fourth-order valence-corrected chi connectivity index (χ4v) is 3.13. The highest BCUT2D eigenvalue weighted by Gasteiger charge is 2.21. The molecule has 5 nitrogen and oxygen atoms in total. The third-order valence-corrected chi connectivity index (χ3v) is 4.52. The van der Waals surface area contributed by atoms with Crippen molar-refractivity contribution in [3.8, 4) is 6.07 Å². The summed E-state index contributed by atoms with van der Waals surface area (Å²) in [5, 5.41) is 12.6. The second kappa shape index (κ2) is 8.17. The van der Waals surface area contributed by atoms with Gasteiger partial charge < -0.3 is 10.2 Å². The molecule has 0 saturated carbocycles. The van der Waals surface area contributed by atoms with Gasteiger partial charge in [0.15, 0.2) is 0 Å². The maximum absolute atomic E-state index is 12.9. The summed E-state index contributed by atoms with van der Waals surface area (Å²) in [5.41, 5.74) is 2.00. The number of carbonyl (C=O) groups is 1. The molecule has 2 aromatic carbocycles. The fourth-order valence-electron chi connectivity index (χ4n) is 2.96. The first-order chi connectivity index (χ1) is 12.5. The number of nitrogens with zero attached hydrogens (tertiary/aromatic N) is 3. The number of piperazine rings is 1. The van der Waals surface area contributed by atoms with Crippen LogP contribution in [0.2, 0.25) is 5.02 Å². The molecule has 1 N–H and O–H groups in total. The number of rotatable bonds is 4. The van der Waals surface area contributed by atoms with E-state index in [0.717, 1.165) is 18.8 Å². The van der Waals surface area contributed by atoms with Crippen molar-refractivity contribution in [2.24, 2.45) is 0 Å². The van der Waals surface area contributed by atoms with E-state index < -0.39 is 0 Å². The monoisotopic (exact) mass is 372 g/mol. The predicted octanol–water partition coefficient (Wildman–Crippen LogP) is 3.11. The van der Waals surface area contributed by atoms with Crippen LogP contribution in [0.5, 0.6) is 0 Å². The summed E-state index contributed by atoms with van der Waals surface area (Å²) < 4.78 is 12.9. The first-order valence-electron chi connectivity index (χ1n) is 8.27. The smallest absolute Gasteiger partial charge is 0.238 e. The SMILES string of the molecule is N#Cc1cc(Cl)ccc1N1CCN(CC(=O)Nc2ccc(F)cc2)CC1. The number of hydrogen-bond acceptors (Lipinski definition) is 4. The Labute approximate surface area is 156 Å². The van der Waals surface area contributed by atoms with Crippen molar-refractivity contribution in [2.45, 2.75) is 0 Å². The minimum absolute atomic E-state index is 0.130. The normalized spacial score (nSPS) is 14.7. The summed E-state index contributed by atoms with van der Waals surface area (Å²) in [6.45, 7) is 3.14. The second-order valence-electron chi connectivity index (χ2n) is 6.09. The minimum Gasteiger partial charge on any atom is -0.368 e. The summed E-state index contributed by atoms with van der Waals surface area (Å²) in [7, 11) is 0. The van der Waals surface area contributed by atoms with Gasteiger partial charge in [-0.1, -0.05) is 11.6 Å². The van der Waals surface area contributed by atoms with E-state index in [9.17, 15) is 14.4 Å². The van der Waals surface area contributed by atoms with Gasteiger partial charge in [-0.05, 0) is 42.5 Å². The molecule has 1 aliphatic rings. The summed E-state index contributed by atoms with van der Waals surface area (Å²) in [4.78, 5) is 16.3.